The van der Waals surface area contributed by atoms with Gasteiger partial charge in [-0.3, -0.25) is 9.36 Å². The van der Waals surface area contributed by atoms with Gasteiger partial charge >= 0.3 is 11.9 Å². The van der Waals surface area contributed by atoms with Crippen LogP contribution in [-0.2, 0) is 14.3 Å². The molecule has 1 aliphatic heterocycles. The Morgan fingerprint density at radius 3 is 2.21 bits per heavy atom. The number of allylic oxidation sites excluding steroid dienone is 1. The number of methoxy groups -OCH3 is 3. The normalized spacial score (nSPS) is 15.4. The third-order valence-corrected chi connectivity index (χ3v) is 6.47. The highest BCUT2D eigenvalue weighted by Crippen LogP contribution is 2.31. The molecule has 9 heteroatoms. The van der Waals surface area contributed by atoms with Gasteiger partial charge in [-0.05, 0) is 48.4 Å². The summed E-state index contributed by atoms with van der Waals surface area (Å²) < 4.78 is 16.9. The number of rotatable bonds is 5. The fourth-order valence-corrected chi connectivity index (χ4v) is 4.83. The molecule has 0 radical (unpaired) electrons. The van der Waals surface area contributed by atoms with Crippen molar-refractivity contribution < 1.29 is 23.8 Å². The maximum atomic E-state index is 13.5. The van der Waals surface area contributed by atoms with Gasteiger partial charge in [0.15, 0.2) is 4.80 Å². The molecule has 8 nitrogen and oxygen atoms in total. The predicted molar refractivity (Wildman–Crippen MR) is 127 cm³/mol. The van der Waals surface area contributed by atoms with Gasteiger partial charge in [-0.1, -0.05) is 35.6 Å². The molecule has 2 aromatic carbocycles. The second-order valence-corrected chi connectivity index (χ2v) is 8.47. The molecule has 174 valence electrons. The zero-order valence-corrected chi connectivity index (χ0v) is 19.8. The van der Waals surface area contributed by atoms with E-state index >= 15 is 0 Å². The number of hydrogen-bond acceptors (Lipinski definition) is 8. The predicted octanol–water partition coefficient (Wildman–Crippen LogP) is 2.20. The summed E-state index contributed by atoms with van der Waals surface area (Å²) in [5.74, 6) is -0.321. The molecule has 3 aromatic rings. The number of fused-ring (bicyclic) bond motifs is 1. The fourth-order valence-electron chi connectivity index (χ4n) is 3.78. The van der Waals surface area contributed by atoms with Crippen molar-refractivity contribution in [3.8, 4) is 5.75 Å². The van der Waals surface area contributed by atoms with E-state index in [2.05, 4.69) is 4.99 Å². The first-order valence-corrected chi connectivity index (χ1v) is 11.1. The third kappa shape index (κ3) is 4.17. The van der Waals surface area contributed by atoms with E-state index in [9.17, 15) is 14.4 Å². The van der Waals surface area contributed by atoms with E-state index in [0.29, 0.717) is 31.9 Å². The minimum Gasteiger partial charge on any atom is -0.497 e. The Labute approximate surface area is 199 Å². The Hall–Kier alpha value is -3.98. The average molecular weight is 479 g/mol. The number of hydrogen-bond donors (Lipinski definition) is 0. The van der Waals surface area contributed by atoms with Crippen LogP contribution in [0.25, 0.3) is 6.08 Å². The average Bonchev–Trinajstić information content (AvgIpc) is 3.16. The van der Waals surface area contributed by atoms with Gasteiger partial charge < -0.3 is 14.2 Å². The van der Waals surface area contributed by atoms with E-state index in [4.69, 9.17) is 14.2 Å². The molecule has 0 saturated carbocycles. The highest BCUT2D eigenvalue weighted by molar-refractivity contribution is 7.07. The zero-order valence-electron chi connectivity index (χ0n) is 19.0. The number of ether oxygens (including phenoxy) is 3. The quantitative estimate of drug-likeness (QED) is 0.522. The Bertz CT molecular complexity index is 1460. The summed E-state index contributed by atoms with van der Waals surface area (Å²) in [6.07, 6.45) is 1.73. The monoisotopic (exact) mass is 478 g/mol. The van der Waals surface area contributed by atoms with Crippen LogP contribution in [0.5, 0.6) is 5.75 Å². The number of esters is 2. The van der Waals surface area contributed by atoms with Crippen LogP contribution in [0.3, 0.4) is 0 Å². The van der Waals surface area contributed by atoms with Gasteiger partial charge in [0, 0.05) is 0 Å². The first kappa shape index (κ1) is 23.2. The van der Waals surface area contributed by atoms with Crippen molar-refractivity contribution in [2.75, 3.05) is 21.3 Å². The van der Waals surface area contributed by atoms with Crippen LogP contribution >= 0.6 is 11.3 Å². The van der Waals surface area contributed by atoms with Gasteiger partial charge in [-0.25, -0.2) is 14.6 Å². The number of carbonyl (C=O) groups is 2. The van der Waals surface area contributed by atoms with E-state index in [1.807, 2.05) is 12.1 Å². The first-order valence-electron chi connectivity index (χ1n) is 10.3. The van der Waals surface area contributed by atoms with Crippen LogP contribution in [0.2, 0.25) is 0 Å². The lowest BCUT2D eigenvalue weighted by Gasteiger charge is -2.24. The summed E-state index contributed by atoms with van der Waals surface area (Å²) in [6, 6.07) is 13.2. The minimum atomic E-state index is -0.696. The van der Waals surface area contributed by atoms with Crippen LogP contribution in [0.1, 0.15) is 34.5 Å². The Morgan fingerprint density at radius 2 is 1.62 bits per heavy atom. The van der Waals surface area contributed by atoms with Gasteiger partial charge in [0.1, 0.15) is 5.75 Å². The smallest absolute Gasteiger partial charge is 0.338 e. The molecule has 1 atom stereocenters. The number of aromatic nitrogens is 1. The largest absolute Gasteiger partial charge is 0.497 e. The van der Waals surface area contributed by atoms with Gasteiger partial charge in [-0.15, -0.1) is 0 Å². The SMILES string of the molecule is COC(=O)C1=C(C)N=c2sc(=Cc3ccc(C(=O)OC)cc3)c(=O)n2C1c1ccc(OC)cc1. The number of nitrogens with zero attached hydrogens (tertiary/aromatic N) is 2. The molecule has 0 aliphatic carbocycles. The molecule has 1 unspecified atom stereocenters. The molecule has 0 amide bonds. The van der Waals surface area contributed by atoms with E-state index in [1.165, 1.54) is 30.1 Å². The van der Waals surface area contributed by atoms with Crippen molar-refractivity contribution in [2.45, 2.75) is 13.0 Å². The van der Waals surface area contributed by atoms with Crippen LogP contribution in [0.15, 0.2) is 69.6 Å². The maximum absolute atomic E-state index is 13.5. The molecule has 34 heavy (non-hydrogen) atoms. The van der Waals surface area contributed by atoms with Crippen molar-refractivity contribution in [3.63, 3.8) is 0 Å². The van der Waals surface area contributed by atoms with Crippen LogP contribution < -0.4 is 19.6 Å². The van der Waals surface area contributed by atoms with Gasteiger partial charge in [-0.2, -0.15) is 0 Å². The van der Waals surface area contributed by atoms with Crippen molar-refractivity contribution in [3.05, 3.63) is 96.2 Å². The van der Waals surface area contributed by atoms with Gasteiger partial charge in [0.25, 0.3) is 5.56 Å². The molecule has 2 heterocycles. The van der Waals surface area contributed by atoms with Crippen LogP contribution in [0.4, 0.5) is 0 Å². The number of carbonyl (C=O) groups excluding carboxylic acids is 2. The fraction of sp³-hybridized carbons (Fsp3) is 0.200. The summed E-state index contributed by atoms with van der Waals surface area (Å²) in [6.45, 7) is 1.73. The van der Waals surface area contributed by atoms with Gasteiger partial charge in [0.05, 0.1) is 48.7 Å². The summed E-state index contributed by atoms with van der Waals surface area (Å²) in [5, 5.41) is 0. The molecule has 0 N–H and O–H groups in total. The molecule has 1 aromatic heterocycles. The molecule has 0 spiro atoms. The Balaban J connectivity index is 1.87. The molecule has 0 bridgehead atoms. The molecule has 4 rings (SSSR count). The molecule has 0 saturated heterocycles. The molecule has 1 aliphatic rings. The molecule has 0 fully saturated rings. The number of thiazole rings is 1. The summed E-state index contributed by atoms with van der Waals surface area (Å²) >= 11 is 1.23. The maximum Gasteiger partial charge on any atom is 0.338 e. The third-order valence-electron chi connectivity index (χ3n) is 5.49. The Kier molecular flexibility index (Phi) is 6.47. The van der Waals surface area contributed by atoms with E-state index in [-0.39, 0.29) is 5.56 Å². The minimum absolute atomic E-state index is 0.282. The van der Waals surface area contributed by atoms with E-state index in [0.717, 1.165) is 11.1 Å². The van der Waals surface area contributed by atoms with Crippen molar-refractivity contribution in [1.82, 2.24) is 4.57 Å². The molecular formula is C25H22N2O6S. The van der Waals surface area contributed by atoms with E-state index < -0.39 is 18.0 Å². The summed E-state index contributed by atoms with van der Waals surface area (Å²) in [7, 11) is 4.19. The standard InChI is InChI=1S/C25H22N2O6S/c1-14-20(24(30)33-4)21(16-9-11-18(31-2)12-10-16)27-22(28)19(34-25(27)26-14)13-15-5-7-17(8-6-15)23(29)32-3/h5-13,21H,1-4H3. The molecular weight excluding hydrogens is 456 g/mol. The van der Waals surface area contributed by atoms with Crippen LogP contribution in [-0.4, -0.2) is 37.8 Å². The first-order chi connectivity index (χ1) is 16.4. The second kappa shape index (κ2) is 9.48. The van der Waals surface area contributed by atoms with Crippen molar-refractivity contribution in [1.29, 1.82) is 0 Å². The van der Waals surface area contributed by atoms with Crippen molar-refractivity contribution >= 4 is 29.4 Å². The van der Waals surface area contributed by atoms with Gasteiger partial charge in [0.2, 0.25) is 0 Å². The lowest BCUT2D eigenvalue weighted by molar-refractivity contribution is -0.136. The summed E-state index contributed by atoms with van der Waals surface area (Å²) in [4.78, 5) is 42.9. The lowest BCUT2D eigenvalue weighted by Crippen LogP contribution is -2.39. The summed E-state index contributed by atoms with van der Waals surface area (Å²) in [5.41, 5.74) is 2.39. The van der Waals surface area contributed by atoms with E-state index in [1.54, 1.807) is 56.5 Å². The highest BCUT2D eigenvalue weighted by Gasteiger charge is 2.33. The number of benzene rings is 2. The lowest BCUT2D eigenvalue weighted by atomic mass is 9.96. The second-order valence-electron chi connectivity index (χ2n) is 7.46. The highest BCUT2D eigenvalue weighted by atomic mass is 32.1. The van der Waals surface area contributed by atoms with Crippen LogP contribution in [0, 0.1) is 0 Å². The van der Waals surface area contributed by atoms with Crippen molar-refractivity contribution in [2.24, 2.45) is 4.99 Å². The Morgan fingerprint density at radius 1 is 0.971 bits per heavy atom. The topological polar surface area (TPSA) is 96.2 Å². The zero-order chi connectivity index (χ0) is 24.4.